The third kappa shape index (κ3) is 4.64. The number of likely N-dealkylation sites (N-methyl/N-ethyl adjacent to an activating group) is 1. The fraction of sp³-hybridized carbons (Fsp3) is 0.350. The van der Waals surface area contributed by atoms with E-state index in [2.05, 4.69) is 0 Å². The van der Waals surface area contributed by atoms with Crippen molar-refractivity contribution in [2.45, 2.75) is 26.2 Å². The molecule has 0 heterocycles. The Labute approximate surface area is 156 Å². The van der Waals surface area contributed by atoms with E-state index in [1.807, 2.05) is 63.2 Å². The predicted octanol–water partition coefficient (Wildman–Crippen LogP) is 3.41. The number of carbonyl (C=O) groups is 1. The molecule has 0 aromatic heterocycles. The molecular formula is C20H26N2O3S. The smallest absolute Gasteiger partial charge is 0.247 e. The highest BCUT2D eigenvalue weighted by Gasteiger charge is 2.28. The van der Waals surface area contributed by atoms with E-state index in [9.17, 15) is 13.2 Å². The van der Waals surface area contributed by atoms with Crippen LogP contribution in [0.15, 0.2) is 54.6 Å². The van der Waals surface area contributed by atoms with Crippen LogP contribution in [0, 0.1) is 0 Å². The minimum absolute atomic E-state index is 0.253. The monoisotopic (exact) mass is 374 g/mol. The van der Waals surface area contributed by atoms with E-state index in [1.165, 1.54) is 9.21 Å². The maximum absolute atomic E-state index is 12.8. The summed E-state index contributed by atoms with van der Waals surface area (Å²) < 4.78 is 26.1. The van der Waals surface area contributed by atoms with Gasteiger partial charge in [0.15, 0.2) is 0 Å². The first-order valence-electron chi connectivity index (χ1n) is 8.40. The minimum atomic E-state index is -3.63. The highest BCUT2D eigenvalue weighted by Crippen LogP contribution is 2.33. The molecule has 0 aliphatic heterocycles. The second kappa shape index (κ2) is 7.50. The molecule has 2 aromatic rings. The molecule has 2 rings (SSSR count). The topological polar surface area (TPSA) is 57.7 Å². The van der Waals surface area contributed by atoms with E-state index in [0.717, 1.165) is 17.5 Å². The molecule has 1 amide bonds. The van der Waals surface area contributed by atoms with Crippen LogP contribution in [0.4, 0.5) is 11.4 Å². The van der Waals surface area contributed by atoms with Crippen LogP contribution in [0.3, 0.4) is 0 Å². The average Bonchev–Trinajstić information content (AvgIpc) is 2.57. The quantitative estimate of drug-likeness (QED) is 0.806. The van der Waals surface area contributed by atoms with Crippen molar-refractivity contribution in [3.05, 3.63) is 60.2 Å². The maximum Gasteiger partial charge on any atom is 0.247 e. The van der Waals surface area contributed by atoms with Gasteiger partial charge in [-0.05, 0) is 29.2 Å². The van der Waals surface area contributed by atoms with E-state index in [0.29, 0.717) is 5.69 Å². The van der Waals surface area contributed by atoms with Crippen LogP contribution in [-0.2, 0) is 20.2 Å². The lowest BCUT2D eigenvalue weighted by molar-refractivity contribution is -0.116. The lowest BCUT2D eigenvalue weighted by atomic mass is 9.86. The molecule has 0 N–H and O–H groups in total. The van der Waals surface area contributed by atoms with Gasteiger partial charge in [0, 0.05) is 12.7 Å². The largest absolute Gasteiger partial charge is 0.314 e. The zero-order chi connectivity index (χ0) is 19.5. The van der Waals surface area contributed by atoms with E-state index >= 15 is 0 Å². The van der Waals surface area contributed by atoms with Crippen LogP contribution >= 0.6 is 0 Å². The van der Waals surface area contributed by atoms with Gasteiger partial charge in [0.05, 0.1) is 11.9 Å². The number of carbonyl (C=O) groups excluding carboxylic acids is 1. The molecule has 0 saturated heterocycles. The molecule has 0 radical (unpaired) electrons. The second-order valence-electron chi connectivity index (χ2n) is 7.33. The van der Waals surface area contributed by atoms with Crippen LogP contribution in [0.1, 0.15) is 26.3 Å². The first-order chi connectivity index (χ1) is 12.0. The molecule has 140 valence electrons. The third-order valence-corrected chi connectivity index (χ3v) is 5.30. The number of benzene rings is 2. The van der Waals surface area contributed by atoms with Gasteiger partial charge in [-0.25, -0.2) is 8.42 Å². The molecule has 0 bridgehead atoms. The Hall–Kier alpha value is -2.34. The number of hydrogen-bond acceptors (Lipinski definition) is 3. The van der Waals surface area contributed by atoms with Gasteiger partial charge in [-0.2, -0.15) is 0 Å². The van der Waals surface area contributed by atoms with Gasteiger partial charge in [0.2, 0.25) is 15.9 Å². The number of rotatable bonds is 5. The summed E-state index contributed by atoms with van der Waals surface area (Å²) in [4.78, 5) is 14.2. The fourth-order valence-electron chi connectivity index (χ4n) is 2.73. The minimum Gasteiger partial charge on any atom is -0.314 e. The van der Waals surface area contributed by atoms with E-state index in [1.54, 1.807) is 19.2 Å². The van der Waals surface area contributed by atoms with Crippen molar-refractivity contribution in [3.63, 3.8) is 0 Å². The molecule has 26 heavy (non-hydrogen) atoms. The summed E-state index contributed by atoms with van der Waals surface area (Å²) in [5, 5.41) is 0. The number of para-hydroxylation sites is 2. The first-order valence-corrected chi connectivity index (χ1v) is 10.3. The Balaban J connectivity index is 2.41. The highest BCUT2D eigenvalue weighted by atomic mass is 32.2. The van der Waals surface area contributed by atoms with Gasteiger partial charge in [-0.1, -0.05) is 57.2 Å². The number of amides is 1. The maximum atomic E-state index is 12.8. The van der Waals surface area contributed by atoms with Crippen molar-refractivity contribution < 1.29 is 13.2 Å². The summed E-state index contributed by atoms with van der Waals surface area (Å²) in [6.45, 7) is 5.80. The van der Waals surface area contributed by atoms with Crippen LogP contribution in [0.25, 0.3) is 0 Å². The SMILES string of the molecule is CN(C(=O)CN(c1ccccc1C(C)(C)C)S(C)(=O)=O)c1ccccc1. The van der Waals surface area contributed by atoms with Crippen molar-refractivity contribution in [1.29, 1.82) is 0 Å². The van der Waals surface area contributed by atoms with Crippen LogP contribution in [0.2, 0.25) is 0 Å². The van der Waals surface area contributed by atoms with Crippen LogP contribution < -0.4 is 9.21 Å². The Morgan fingerprint density at radius 3 is 2.04 bits per heavy atom. The molecule has 0 atom stereocenters. The van der Waals surface area contributed by atoms with E-state index in [4.69, 9.17) is 0 Å². The Morgan fingerprint density at radius 2 is 1.50 bits per heavy atom. The summed E-state index contributed by atoms with van der Waals surface area (Å²) in [5.74, 6) is -0.301. The van der Waals surface area contributed by atoms with Gasteiger partial charge in [0.25, 0.3) is 0 Å². The summed E-state index contributed by atoms with van der Waals surface area (Å²) in [6, 6.07) is 16.5. The van der Waals surface area contributed by atoms with E-state index in [-0.39, 0.29) is 17.9 Å². The van der Waals surface area contributed by atoms with Crippen molar-refractivity contribution in [2.24, 2.45) is 0 Å². The van der Waals surface area contributed by atoms with Gasteiger partial charge < -0.3 is 4.90 Å². The first kappa shape index (κ1) is 20.0. The standard InChI is InChI=1S/C20H26N2O3S/c1-20(2,3)17-13-9-10-14-18(17)22(26(5,24)25)15-19(23)21(4)16-11-7-6-8-12-16/h6-14H,15H2,1-5H3. The van der Waals surface area contributed by atoms with Crippen molar-refractivity contribution in [1.82, 2.24) is 0 Å². The zero-order valence-electron chi connectivity index (χ0n) is 15.9. The predicted molar refractivity (Wildman–Crippen MR) is 107 cm³/mol. The second-order valence-corrected chi connectivity index (χ2v) is 9.23. The van der Waals surface area contributed by atoms with Crippen LogP contribution in [0.5, 0.6) is 0 Å². The number of hydrogen-bond donors (Lipinski definition) is 0. The lowest BCUT2D eigenvalue weighted by Gasteiger charge is -2.30. The van der Waals surface area contributed by atoms with Gasteiger partial charge >= 0.3 is 0 Å². The molecule has 0 aliphatic carbocycles. The average molecular weight is 375 g/mol. The molecule has 0 unspecified atom stereocenters. The summed E-state index contributed by atoms with van der Waals surface area (Å²) in [6.07, 6.45) is 1.13. The van der Waals surface area contributed by atoms with Crippen molar-refractivity contribution >= 4 is 27.3 Å². The molecule has 6 heteroatoms. The highest BCUT2D eigenvalue weighted by molar-refractivity contribution is 7.92. The molecule has 0 saturated carbocycles. The Bertz CT molecular complexity index is 871. The molecule has 0 aliphatic rings. The molecule has 0 spiro atoms. The molecule has 0 fully saturated rings. The summed E-state index contributed by atoms with van der Waals surface area (Å²) in [5.41, 5.74) is 1.88. The van der Waals surface area contributed by atoms with Gasteiger partial charge in [0.1, 0.15) is 6.54 Å². The van der Waals surface area contributed by atoms with Crippen molar-refractivity contribution in [3.8, 4) is 0 Å². The van der Waals surface area contributed by atoms with Gasteiger partial charge in [-0.3, -0.25) is 9.10 Å². The fourth-order valence-corrected chi connectivity index (χ4v) is 3.59. The zero-order valence-corrected chi connectivity index (χ0v) is 16.7. The normalized spacial score (nSPS) is 11.9. The molecular weight excluding hydrogens is 348 g/mol. The molecule has 5 nitrogen and oxygen atoms in total. The summed E-state index contributed by atoms with van der Waals surface area (Å²) >= 11 is 0. The number of nitrogens with zero attached hydrogens (tertiary/aromatic N) is 2. The molecule has 2 aromatic carbocycles. The van der Waals surface area contributed by atoms with Crippen LogP contribution in [-0.4, -0.2) is 34.2 Å². The van der Waals surface area contributed by atoms with E-state index < -0.39 is 10.0 Å². The lowest BCUT2D eigenvalue weighted by Crippen LogP contribution is -2.42. The summed E-state index contributed by atoms with van der Waals surface area (Å²) in [7, 11) is -1.98. The third-order valence-electron chi connectivity index (χ3n) is 4.18. The van der Waals surface area contributed by atoms with Crippen molar-refractivity contribution in [2.75, 3.05) is 29.1 Å². The van der Waals surface area contributed by atoms with Gasteiger partial charge in [-0.15, -0.1) is 0 Å². The Kier molecular flexibility index (Phi) is 5.76. The number of sulfonamides is 1. The number of anilines is 2. The Morgan fingerprint density at radius 1 is 0.962 bits per heavy atom.